The van der Waals surface area contributed by atoms with Crippen LogP contribution in [0.25, 0.3) is 0 Å². The maximum Gasteiger partial charge on any atom is 0.191 e. The van der Waals surface area contributed by atoms with E-state index in [4.69, 9.17) is 0 Å². The summed E-state index contributed by atoms with van der Waals surface area (Å²) in [6.07, 6.45) is 2.72. The minimum atomic E-state index is -0.630. The molecule has 2 rings (SSSR count). The second-order valence-corrected chi connectivity index (χ2v) is 7.15. The van der Waals surface area contributed by atoms with Gasteiger partial charge in [-0.1, -0.05) is 25.1 Å². The van der Waals surface area contributed by atoms with Gasteiger partial charge in [0.15, 0.2) is 5.96 Å². The van der Waals surface area contributed by atoms with Crippen LogP contribution in [0.5, 0.6) is 0 Å². The number of aliphatic hydroxyl groups is 1. The zero-order valence-corrected chi connectivity index (χ0v) is 15.5. The Bertz CT molecular complexity index is 636. The Labute approximate surface area is 154 Å². The third-order valence-corrected chi connectivity index (χ3v) is 4.61. The van der Waals surface area contributed by atoms with Crippen LogP contribution in [0.3, 0.4) is 0 Å². The van der Waals surface area contributed by atoms with Crippen molar-refractivity contribution < 1.29 is 5.11 Å². The van der Waals surface area contributed by atoms with E-state index in [9.17, 15) is 5.11 Å². The smallest absolute Gasteiger partial charge is 0.191 e. The zero-order valence-electron chi connectivity index (χ0n) is 14.7. The van der Waals surface area contributed by atoms with Gasteiger partial charge in [-0.25, -0.2) is 0 Å². The Hall–Kier alpha value is -2.05. The summed E-state index contributed by atoms with van der Waals surface area (Å²) in [5, 5.41) is 17.2. The van der Waals surface area contributed by atoms with Gasteiger partial charge in [0, 0.05) is 35.6 Å². The molecule has 2 unspecified atom stereocenters. The van der Waals surface area contributed by atoms with Gasteiger partial charge in [-0.2, -0.15) is 0 Å². The van der Waals surface area contributed by atoms with Crippen LogP contribution < -0.4 is 10.6 Å². The van der Waals surface area contributed by atoms with Gasteiger partial charge in [-0.15, -0.1) is 11.8 Å². The Morgan fingerprint density at radius 2 is 1.88 bits per heavy atom. The lowest BCUT2D eigenvalue weighted by Gasteiger charge is -2.16. The Kier molecular flexibility index (Phi) is 8.28. The van der Waals surface area contributed by atoms with E-state index in [-0.39, 0.29) is 0 Å². The van der Waals surface area contributed by atoms with Crippen LogP contribution in [0.4, 0.5) is 0 Å². The van der Waals surface area contributed by atoms with Gasteiger partial charge in [-0.05, 0) is 36.8 Å². The lowest BCUT2D eigenvalue weighted by molar-refractivity contribution is 0.187. The Morgan fingerprint density at radius 3 is 2.56 bits per heavy atom. The molecular weight excluding hydrogens is 332 g/mol. The first-order valence-corrected chi connectivity index (χ1v) is 9.39. The molecule has 2 aromatic rings. The van der Waals surface area contributed by atoms with Crippen molar-refractivity contribution in [2.45, 2.75) is 30.1 Å². The van der Waals surface area contributed by atoms with Crippen molar-refractivity contribution >= 4 is 17.7 Å². The summed E-state index contributed by atoms with van der Waals surface area (Å²) in [7, 11) is 0. The highest BCUT2D eigenvalue weighted by Gasteiger charge is 2.08. The van der Waals surface area contributed by atoms with Crippen molar-refractivity contribution in [3.8, 4) is 0 Å². The first-order valence-electron chi connectivity index (χ1n) is 8.51. The third-order valence-electron chi connectivity index (χ3n) is 3.49. The Balaban J connectivity index is 1.84. The van der Waals surface area contributed by atoms with E-state index in [1.807, 2.05) is 24.8 Å². The molecule has 3 N–H and O–H groups in total. The zero-order chi connectivity index (χ0) is 17.9. The molecule has 2 atom stereocenters. The molecule has 1 aromatic heterocycles. The molecule has 0 fully saturated rings. The second kappa shape index (κ2) is 10.7. The monoisotopic (exact) mass is 358 g/mol. The SMILES string of the molecule is CCNC(=NCC(O)c1ccncc1)NCC(C)Sc1ccccc1. The largest absolute Gasteiger partial charge is 0.386 e. The number of guanidine groups is 1. The molecule has 0 saturated heterocycles. The number of benzene rings is 1. The normalized spacial score (nSPS) is 14.0. The maximum absolute atomic E-state index is 10.2. The molecule has 0 spiro atoms. The van der Waals surface area contributed by atoms with E-state index in [0.717, 1.165) is 24.6 Å². The van der Waals surface area contributed by atoms with E-state index in [2.05, 4.69) is 51.8 Å². The Morgan fingerprint density at radius 1 is 1.16 bits per heavy atom. The van der Waals surface area contributed by atoms with E-state index >= 15 is 0 Å². The van der Waals surface area contributed by atoms with Crippen molar-refractivity contribution in [1.82, 2.24) is 15.6 Å². The molecule has 0 amide bonds. The molecule has 0 aliphatic carbocycles. The molecule has 0 saturated carbocycles. The van der Waals surface area contributed by atoms with E-state index in [1.165, 1.54) is 4.90 Å². The molecule has 25 heavy (non-hydrogen) atoms. The maximum atomic E-state index is 10.2. The van der Waals surface area contributed by atoms with Gasteiger partial charge in [0.1, 0.15) is 0 Å². The predicted octanol–water partition coefficient (Wildman–Crippen LogP) is 2.85. The van der Waals surface area contributed by atoms with Gasteiger partial charge in [0.25, 0.3) is 0 Å². The van der Waals surface area contributed by atoms with Crippen LogP contribution in [-0.2, 0) is 0 Å². The quantitative estimate of drug-likeness (QED) is 0.385. The number of thioether (sulfide) groups is 1. The summed E-state index contributed by atoms with van der Waals surface area (Å²) in [5.41, 5.74) is 0.822. The summed E-state index contributed by atoms with van der Waals surface area (Å²) >= 11 is 1.82. The molecular formula is C19H26N4OS. The van der Waals surface area contributed by atoms with Crippen molar-refractivity contribution in [1.29, 1.82) is 0 Å². The summed E-state index contributed by atoms with van der Waals surface area (Å²) in [5.74, 6) is 0.719. The van der Waals surface area contributed by atoms with Crippen LogP contribution in [0.15, 0.2) is 64.7 Å². The number of nitrogens with one attached hydrogen (secondary N) is 2. The fourth-order valence-corrected chi connectivity index (χ4v) is 3.17. The number of aromatic nitrogens is 1. The minimum Gasteiger partial charge on any atom is -0.386 e. The molecule has 1 aromatic carbocycles. The van der Waals surface area contributed by atoms with Crippen molar-refractivity contribution in [3.05, 3.63) is 60.4 Å². The van der Waals surface area contributed by atoms with Gasteiger partial charge >= 0.3 is 0 Å². The fourth-order valence-electron chi connectivity index (χ4n) is 2.22. The average molecular weight is 359 g/mol. The van der Waals surface area contributed by atoms with E-state index in [1.54, 1.807) is 24.5 Å². The summed E-state index contributed by atoms with van der Waals surface area (Å²) in [6.45, 7) is 6.08. The molecule has 0 aliphatic rings. The lowest BCUT2D eigenvalue weighted by atomic mass is 10.1. The summed E-state index contributed by atoms with van der Waals surface area (Å²) < 4.78 is 0. The first kappa shape index (κ1) is 19.3. The number of aliphatic imine (C=N–C) groups is 1. The molecule has 134 valence electrons. The molecule has 5 nitrogen and oxygen atoms in total. The van der Waals surface area contributed by atoms with Crippen LogP contribution in [-0.4, -0.2) is 40.9 Å². The summed E-state index contributed by atoms with van der Waals surface area (Å²) in [6, 6.07) is 14.0. The molecule has 1 heterocycles. The van der Waals surface area contributed by atoms with Crippen LogP contribution in [0.1, 0.15) is 25.5 Å². The molecule has 0 aliphatic heterocycles. The number of hydrogen-bond donors (Lipinski definition) is 3. The number of nitrogens with zero attached hydrogens (tertiary/aromatic N) is 2. The molecule has 0 bridgehead atoms. The number of pyridine rings is 1. The number of rotatable bonds is 8. The molecule has 0 radical (unpaired) electrons. The van der Waals surface area contributed by atoms with Crippen molar-refractivity contribution in [3.63, 3.8) is 0 Å². The predicted molar refractivity (Wildman–Crippen MR) is 105 cm³/mol. The van der Waals surface area contributed by atoms with E-state index in [0.29, 0.717) is 11.8 Å². The fraction of sp³-hybridized carbons (Fsp3) is 0.368. The van der Waals surface area contributed by atoms with Crippen LogP contribution >= 0.6 is 11.8 Å². The van der Waals surface area contributed by atoms with Gasteiger partial charge in [-0.3, -0.25) is 9.98 Å². The van der Waals surface area contributed by atoms with E-state index < -0.39 is 6.10 Å². The highest BCUT2D eigenvalue weighted by Crippen LogP contribution is 2.21. The third kappa shape index (κ3) is 7.15. The molecule has 6 heteroatoms. The number of hydrogen-bond acceptors (Lipinski definition) is 4. The lowest BCUT2D eigenvalue weighted by Crippen LogP contribution is -2.40. The van der Waals surface area contributed by atoms with Gasteiger partial charge < -0.3 is 15.7 Å². The highest BCUT2D eigenvalue weighted by molar-refractivity contribution is 8.00. The number of aliphatic hydroxyl groups excluding tert-OH is 1. The van der Waals surface area contributed by atoms with Crippen molar-refractivity contribution in [2.24, 2.45) is 4.99 Å². The minimum absolute atomic E-state index is 0.305. The topological polar surface area (TPSA) is 69.5 Å². The average Bonchev–Trinajstić information content (AvgIpc) is 2.65. The first-order chi connectivity index (χ1) is 12.2. The van der Waals surface area contributed by atoms with Crippen molar-refractivity contribution in [2.75, 3.05) is 19.6 Å². The van der Waals surface area contributed by atoms with Crippen LogP contribution in [0.2, 0.25) is 0 Å². The highest BCUT2D eigenvalue weighted by atomic mass is 32.2. The summed E-state index contributed by atoms with van der Waals surface area (Å²) in [4.78, 5) is 9.70. The second-order valence-electron chi connectivity index (χ2n) is 5.64. The van der Waals surface area contributed by atoms with Crippen LogP contribution in [0, 0.1) is 0 Å². The standard InChI is InChI=1S/C19H26N4OS/c1-3-21-19(23-14-18(24)16-9-11-20-12-10-16)22-13-15(2)25-17-7-5-4-6-8-17/h4-12,15,18,24H,3,13-14H2,1-2H3,(H2,21,22,23). The van der Waals surface area contributed by atoms with Gasteiger partial charge in [0.05, 0.1) is 12.6 Å². The van der Waals surface area contributed by atoms with Gasteiger partial charge in [0.2, 0.25) is 0 Å².